The van der Waals surface area contributed by atoms with Crippen molar-refractivity contribution in [3.63, 3.8) is 0 Å². The van der Waals surface area contributed by atoms with Gasteiger partial charge in [0.1, 0.15) is 0 Å². The number of amides is 1. The van der Waals surface area contributed by atoms with Crippen molar-refractivity contribution in [1.29, 1.82) is 0 Å². The molecule has 1 aliphatic heterocycles. The van der Waals surface area contributed by atoms with Gasteiger partial charge in [-0.15, -0.1) is 0 Å². The number of hydrogen-bond donors (Lipinski definition) is 1. The van der Waals surface area contributed by atoms with Crippen LogP contribution in [0.1, 0.15) is 12.5 Å². The summed E-state index contributed by atoms with van der Waals surface area (Å²) in [5.74, 6) is 0.209. The number of nitrogens with one attached hydrogen (secondary N) is 1. The average Bonchev–Trinajstić information content (AvgIpc) is 2.31. The van der Waals surface area contributed by atoms with Gasteiger partial charge >= 0.3 is 0 Å². The molecule has 1 aliphatic rings. The summed E-state index contributed by atoms with van der Waals surface area (Å²) in [6.45, 7) is 4.68. The molecule has 1 aromatic heterocycles. The van der Waals surface area contributed by atoms with E-state index in [1.807, 2.05) is 17.0 Å². The summed E-state index contributed by atoms with van der Waals surface area (Å²) in [5, 5.41) is 3.28. The zero-order valence-electron chi connectivity index (χ0n) is 9.52. The Bertz CT molecular complexity index is 353. The van der Waals surface area contributed by atoms with Crippen molar-refractivity contribution < 1.29 is 4.79 Å². The van der Waals surface area contributed by atoms with Crippen LogP contribution in [0.25, 0.3) is 0 Å². The number of carbonyl (C=O) groups is 1. The van der Waals surface area contributed by atoms with Crippen LogP contribution in [-0.4, -0.2) is 41.5 Å². The van der Waals surface area contributed by atoms with Gasteiger partial charge in [0.15, 0.2) is 0 Å². The minimum Gasteiger partial charge on any atom is -0.337 e. The molecule has 0 bridgehead atoms. The van der Waals surface area contributed by atoms with E-state index in [2.05, 4.69) is 17.2 Å². The van der Waals surface area contributed by atoms with E-state index in [-0.39, 0.29) is 5.91 Å². The minimum absolute atomic E-state index is 0.209. The third kappa shape index (κ3) is 2.58. The molecule has 1 N–H and O–H groups in total. The first-order valence-electron chi connectivity index (χ1n) is 5.66. The van der Waals surface area contributed by atoms with Crippen molar-refractivity contribution in [3.05, 3.63) is 30.1 Å². The van der Waals surface area contributed by atoms with Crippen LogP contribution < -0.4 is 5.32 Å². The molecule has 0 aromatic carbocycles. The molecule has 86 valence electrons. The van der Waals surface area contributed by atoms with Crippen molar-refractivity contribution in [2.24, 2.45) is 0 Å². The molecule has 0 saturated carbocycles. The van der Waals surface area contributed by atoms with E-state index < -0.39 is 0 Å². The Balaban J connectivity index is 1.97. The van der Waals surface area contributed by atoms with E-state index >= 15 is 0 Å². The fourth-order valence-corrected chi connectivity index (χ4v) is 1.99. The normalized spacial score (nSPS) is 20.8. The molecule has 1 atom stereocenters. The van der Waals surface area contributed by atoms with Crippen molar-refractivity contribution in [1.82, 2.24) is 15.2 Å². The maximum Gasteiger partial charge on any atom is 0.227 e. The van der Waals surface area contributed by atoms with Crippen LogP contribution in [0.4, 0.5) is 0 Å². The molecule has 16 heavy (non-hydrogen) atoms. The Kier molecular flexibility index (Phi) is 3.51. The highest BCUT2D eigenvalue weighted by atomic mass is 16.2. The first kappa shape index (κ1) is 11.1. The number of aromatic nitrogens is 1. The van der Waals surface area contributed by atoms with E-state index in [4.69, 9.17) is 0 Å². The molecule has 2 heterocycles. The van der Waals surface area contributed by atoms with Crippen LogP contribution in [0.15, 0.2) is 24.5 Å². The molecular formula is C12H17N3O. The lowest BCUT2D eigenvalue weighted by molar-refractivity contribution is -0.133. The average molecular weight is 219 g/mol. The zero-order valence-corrected chi connectivity index (χ0v) is 9.52. The predicted octanol–water partition coefficient (Wildman–Crippen LogP) is 0.444. The summed E-state index contributed by atoms with van der Waals surface area (Å²) in [7, 11) is 0. The standard InChI is InChI=1S/C12H17N3O/c1-10-9-14-6-7-15(10)12(16)8-11-2-4-13-5-3-11/h2-5,10,14H,6-9H2,1H3. The first-order valence-corrected chi connectivity index (χ1v) is 5.66. The Labute approximate surface area is 95.7 Å². The van der Waals surface area contributed by atoms with E-state index in [1.165, 1.54) is 0 Å². The van der Waals surface area contributed by atoms with Gasteiger partial charge in [0.05, 0.1) is 6.42 Å². The fraction of sp³-hybridized carbons (Fsp3) is 0.500. The molecular weight excluding hydrogens is 202 g/mol. The lowest BCUT2D eigenvalue weighted by Gasteiger charge is -2.34. The largest absolute Gasteiger partial charge is 0.337 e. The van der Waals surface area contributed by atoms with Gasteiger partial charge in [0, 0.05) is 38.1 Å². The number of pyridine rings is 1. The van der Waals surface area contributed by atoms with Crippen LogP contribution in [-0.2, 0) is 11.2 Å². The van der Waals surface area contributed by atoms with Gasteiger partial charge in [-0.25, -0.2) is 0 Å². The van der Waals surface area contributed by atoms with Crippen molar-refractivity contribution in [2.45, 2.75) is 19.4 Å². The van der Waals surface area contributed by atoms with E-state index in [0.717, 1.165) is 25.2 Å². The second-order valence-corrected chi connectivity index (χ2v) is 4.17. The van der Waals surface area contributed by atoms with Crippen molar-refractivity contribution >= 4 is 5.91 Å². The maximum atomic E-state index is 12.1. The lowest BCUT2D eigenvalue weighted by atomic mass is 10.1. The second-order valence-electron chi connectivity index (χ2n) is 4.17. The molecule has 0 spiro atoms. The van der Waals surface area contributed by atoms with Gasteiger partial charge in [-0.2, -0.15) is 0 Å². The molecule has 1 saturated heterocycles. The minimum atomic E-state index is 0.209. The highest BCUT2D eigenvalue weighted by Gasteiger charge is 2.22. The third-order valence-corrected chi connectivity index (χ3v) is 2.93. The number of hydrogen-bond acceptors (Lipinski definition) is 3. The Hall–Kier alpha value is -1.42. The van der Waals surface area contributed by atoms with Crippen LogP contribution >= 0.6 is 0 Å². The molecule has 4 nitrogen and oxygen atoms in total. The smallest absolute Gasteiger partial charge is 0.227 e. The van der Waals surface area contributed by atoms with E-state index in [0.29, 0.717) is 12.5 Å². The summed E-state index contributed by atoms with van der Waals surface area (Å²) in [4.78, 5) is 18.0. The number of piperazine rings is 1. The summed E-state index contributed by atoms with van der Waals surface area (Å²) >= 11 is 0. The monoisotopic (exact) mass is 219 g/mol. The highest BCUT2D eigenvalue weighted by molar-refractivity contribution is 5.79. The molecule has 1 fully saturated rings. The van der Waals surface area contributed by atoms with Gasteiger partial charge < -0.3 is 10.2 Å². The Morgan fingerprint density at radius 3 is 3.00 bits per heavy atom. The van der Waals surface area contributed by atoms with Gasteiger partial charge in [0.2, 0.25) is 5.91 Å². The number of carbonyl (C=O) groups excluding carboxylic acids is 1. The van der Waals surface area contributed by atoms with Gasteiger partial charge in [-0.05, 0) is 24.6 Å². The quantitative estimate of drug-likeness (QED) is 0.785. The van der Waals surface area contributed by atoms with E-state index in [9.17, 15) is 4.79 Å². The molecule has 2 rings (SSSR count). The summed E-state index contributed by atoms with van der Waals surface area (Å²) in [6, 6.07) is 4.08. The highest BCUT2D eigenvalue weighted by Crippen LogP contribution is 2.07. The van der Waals surface area contributed by atoms with Crippen LogP contribution in [0.2, 0.25) is 0 Å². The molecule has 1 amide bonds. The summed E-state index contributed by atoms with van der Waals surface area (Å²) in [6.07, 6.45) is 3.93. The zero-order chi connectivity index (χ0) is 11.4. The maximum absolute atomic E-state index is 12.1. The van der Waals surface area contributed by atoms with Gasteiger partial charge in [-0.3, -0.25) is 9.78 Å². The number of nitrogens with zero attached hydrogens (tertiary/aromatic N) is 2. The lowest BCUT2D eigenvalue weighted by Crippen LogP contribution is -2.52. The van der Waals surface area contributed by atoms with Crippen molar-refractivity contribution in [3.8, 4) is 0 Å². The van der Waals surface area contributed by atoms with Crippen molar-refractivity contribution in [2.75, 3.05) is 19.6 Å². The molecule has 1 aromatic rings. The summed E-state index contributed by atoms with van der Waals surface area (Å²) < 4.78 is 0. The second kappa shape index (κ2) is 5.07. The predicted molar refractivity (Wildman–Crippen MR) is 62.0 cm³/mol. The van der Waals surface area contributed by atoms with Gasteiger partial charge in [0.25, 0.3) is 0 Å². The molecule has 4 heteroatoms. The van der Waals surface area contributed by atoms with Gasteiger partial charge in [-0.1, -0.05) is 0 Å². The summed E-state index contributed by atoms with van der Waals surface area (Å²) in [5.41, 5.74) is 1.03. The SMILES string of the molecule is CC1CNCCN1C(=O)Cc1ccncc1. The third-order valence-electron chi connectivity index (χ3n) is 2.93. The fourth-order valence-electron chi connectivity index (χ4n) is 1.99. The Morgan fingerprint density at radius 1 is 1.56 bits per heavy atom. The molecule has 0 aliphatic carbocycles. The Morgan fingerprint density at radius 2 is 2.31 bits per heavy atom. The molecule has 0 radical (unpaired) electrons. The number of rotatable bonds is 2. The van der Waals surface area contributed by atoms with E-state index in [1.54, 1.807) is 12.4 Å². The van der Waals surface area contributed by atoms with Crippen LogP contribution in [0.3, 0.4) is 0 Å². The topological polar surface area (TPSA) is 45.2 Å². The van der Waals surface area contributed by atoms with Crippen LogP contribution in [0, 0.1) is 0 Å². The van der Waals surface area contributed by atoms with Crippen LogP contribution in [0.5, 0.6) is 0 Å². The molecule has 1 unspecified atom stereocenters. The first-order chi connectivity index (χ1) is 7.77.